The molecule has 0 spiro atoms. The van der Waals surface area contributed by atoms with Gasteiger partial charge in [-0.2, -0.15) is 0 Å². The summed E-state index contributed by atoms with van der Waals surface area (Å²) in [5.41, 5.74) is 15.9. The highest BCUT2D eigenvalue weighted by atomic mass is 16.3. The molecular weight excluding hydrogens is 757 g/mol. The minimum atomic E-state index is -0.527. The van der Waals surface area contributed by atoms with Gasteiger partial charge in [-0.05, 0) is 74.3 Å². The van der Waals surface area contributed by atoms with Gasteiger partial charge in [0.1, 0.15) is 11.1 Å². The lowest BCUT2D eigenvalue weighted by molar-refractivity contribution is 0.669. The number of hydrogen-bond donors (Lipinski definition) is 0. The van der Waals surface area contributed by atoms with E-state index in [9.17, 15) is 0 Å². The minimum Gasteiger partial charge on any atom is -0.454 e. The molecule has 1 aliphatic carbocycles. The predicted molar refractivity (Wildman–Crippen MR) is 249 cm³/mol. The van der Waals surface area contributed by atoms with Crippen LogP contribution in [-0.2, 0) is 5.41 Å². The molecule has 0 amide bonds. The highest BCUT2D eigenvalue weighted by molar-refractivity contribution is 6.08. The van der Waals surface area contributed by atoms with Crippen LogP contribution in [0, 0.1) is 0 Å². The van der Waals surface area contributed by atoms with Crippen molar-refractivity contribution in [2.24, 2.45) is 0 Å². The molecule has 62 heavy (non-hydrogen) atoms. The minimum absolute atomic E-state index is 0.527. The number of pyridine rings is 1. The van der Waals surface area contributed by atoms with Gasteiger partial charge in [-0.1, -0.05) is 188 Å². The van der Waals surface area contributed by atoms with Crippen LogP contribution in [-0.4, -0.2) is 19.9 Å². The fourth-order valence-electron chi connectivity index (χ4n) is 9.61. The van der Waals surface area contributed by atoms with Crippen LogP contribution < -0.4 is 0 Å². The lowest BCUT2D eigenvalue weighted by atomic mass is 9.67. The molecule has 3 heterocycles. The van der Waals surface area contributed by atoms with Gasteiger partial charge in [-0.15, -0.1) is 0 Å². The summed E-state index contributed by atoms with van der Waals surface area (Å²) in [6, 6.07) is 74.6. The SMILES string of the molecule is c1ccc(-c2nc(-c3ccccc3)nc(-c3cc(-c4cccc5c4-c4ccccc4C5(c4ccccc4)c4ccccc4)ccc3-c3ccnc4c3oc3ccccc34)n2)cc1. The summed E-state index contributed by atoms with van der Waals surface area (Å²) < 4.78 is 6.62. The number of nitrogens with zero attached hydrogens (tertiary/aromatic N) is 4. The summed E-state index contributed by atoms with van der Waals surface area (Å²) in [6.07, 6.45) is 1.86. The zero-order chi connectivity index (χ0) is 41.0. The second-order valence-corrected chi connectivity index (χ2v) is 15.7. The molecule has 0 N–H and O–H groups in total. The van der Waals surface area contributed by atoms with Crippen LogP contribution in [0.3, 0.4) is 0 Å². The van der Waals surface area contributed by atoms with Crippen LogP contribution >= 0.6 is 0 Å². The molecule has 0 saturated carbocycles. The topological polar surface area (TPSA) is 64.7 Å². The van der Waals surface area contributed by atoms with Gasteiger partial charge in [0.2, 0.25) is 0 Å². The first-order valence-corrected chi connectivity index (χ1v) is 20.9. The summed E-state index contributed by atoms with van der Waals surface area (Å²) in [7, 11) is 0. The average Bonchev–Trinajstić information content (AvgIpc) is 3.89. The molecule has 0 bridgehead atoms. The van der Waals surface area contributed by atoms with Gasteiger partial charge in [-0.25, -0.2) is 15.0 Å². The standard InChI is InChI=1S/C57H36N4O/c1-5-18-37(19-6-1)54-59-55(38-20-7-2-8-21-38)61-56(60-54)47-36-39(32-33-43(47)44-34-35-58-52-46-27-14-16-31-50(46)62-53(44)52)42-28-17-30-49-51(42)45-26-13-15-29-48(45)57(49,40-22-9-3-10-23-40)41-24-11-4-12-25-41/h1-36H. The fraction of sp³-hybridized carbons (Fsp3) is 0.0175. The summed E-state index contributed by atoms with van der Waals surface area (Å²) in [5, 5.41) is 0.972. The Balaban J connectivity index is 1.15. The third-order valence-electron chi connectivity index (χ3n) is 12.3. The fourth-order valence-corrected chi connectivity index (χ4v) is 9.61. The van der Waals surface area contributed by atoms with E-state index in [1.165, 1.54) is 33.4 Å². The van der Waals surface area contributed by atoms with E-state index in [0.29, 0.717) is 23.1 Å². The number of rotatable bonds is 7. The monoisotopic (exact) mass is 792 g/mol. The quantitative estimate of drug-likeness (QED) is 0.161. The van der Waals surface area contributed by atoms with Crippen LogP contribution in [0.5, 0.6) is 0 Å². The van der Waals surface area contributed by atoms with Crippen LogP contribution in [0.15, 0.2) is 223 Å². The Bertz CT molecular complexity index is 3360. The molecule has 3 aromatic heterocycles. The smallest absolute Gasteiger partial charge is 0.164 e. The van der Waals surface area contributed by atoms with Gasteiger partial charge in [0.25, 0.3) is 0 Å². The Morgan fingerprint density at radius 3 is 1.63 bits per heavy atom. The van der Waals surface area contributed by atoms with Crippen LogP contribution in [0.2, 0.25) is 0 Å². The molecule has 0 atom stereocenters. The van der Waals surface area contributed by atoms with Crippen molar-refractivity contribution in [3.63, 3.8) is 0 Å². The molecule has 5 heteroatoms. The molecule has 0 fully saturated rings. The van der Waals surface area contributed by atoms with Crippen LogP contribution in [0.25, 0.3) is 89.6 Å². The Hall–Kier alpha value is -8.28. The average molecular weight is 793 g/mol. The number of para-hydroxylation sites is 1. The second-order valence-electron chi connectivity index (χ2n) is 15.7. The highest BCUT2D eigenvalue weighted by Crippen LogP contribution is 2.58. The van der Waals surface area contributed by atoms with Crippen molar-refractivity contribution in [3.05, 3.63) is 241 Å². The van der Waals surface area contributed by atoms with Crippen molar-refractivity contribution < 1.29 is 4.42 Å². The third-order valence-corrected chi connectivity index (χ3v) is 12.3. The van der Waals surface area contributed by atoms with Gasteiger partial charge in [-0.3, -0.25) is 4.98 Å². The molecule has 1 aliphatic rings. The second kappa shape index (κ2) is 14.5. The van der Waals surface area contributed by atoms with E-state index in [-0.39, 0.29) is 0 Å². The maximum Gasteiger partial charge on any atom is 0.164 e. The first-order chi connectivity index (χ1) is 30.8. The molecule has 290 valence electrons. The van der Waals surface area contributed by atoms with E-state index >= 15 is 0 Å². The van der Waals surface area contributed by atoms with Gasteiger partial charge in [0.05, 0.1) is 5.41 Å². The molecule has 0 saturated heterocycles. The van der Waals surface area contributed by atoms with Crippen molar-refractivity contribution in [2.45, 2.75) is 5.41 Å². The Labute approximate surface area is 358 Å². The van der Waals surface area contributed by atoms with Crippen molar-refractivity contribution in [3.8, 4) is 67.5 Å². The van der Waals surface area contributed by atoms with Crippen molar-refractivity contribution in [1.29, 1.82) is 0 Å². The van der Waals surface area contributed by atoms with Gasteiger partial charge in [0.15, 0.2) is 23.1 Å². The predicted octanol–water partition coefficient (Wildman–Crippen LogP) is 13.9. The van der Waals surface area contributed by atoms with E-state index in [4.69, 9.17) is 24.4 Å². The maximum absolute atomic E-state index is 6.62. The van der Waals surface area contributed by atoms with Gasteiger partial charge in [0, 0.05) is 33.8 Å². The van der Waals surface area contributed by atoms with Crippen molar-refractivity contribution >= 4 is 22.1 Å². The van der Waals surface area contributed by atoms with Crippen molar-refractivity contribution in [1.82, 2.24) is 19.9 Å². The number of benzene rings is 8. The van der Waals surface area contributed by atoms with E-state index in [1.807, 2.05) is 91.1 Å². The van der Waals surface area contributed by atoms with E-state index in [2.05, 4.69) is 127 Å². The normalized spacial score (nSPS) is 12.6. The van der Waals surface area contributed by atoms with E-state index in [0.717, 1.165) is 55.4 Å². The molecular formula is C57H36N4O. The summed E-state index contributed by atoms with van der Waals surface area (Å²) >= 11 is 0. The molecule has 0 aliphatic heterocycles. The molecule has 0 radical (unpaired) electrons. The Kier molecular flexibility index (Phi) is 8.32. The van der Waals surface area contributed by atoms with Gasteiger partial charge < -0.3 is 4.42 Å². The molecule has 8 aromatic carbocycles. The highest BCUT2D eigenvalue weighted by Gasteiger charge is 2.46. The summed E-state index contributed by atoms with van der Waals surface area (Å²) in [5.74, 6) is 1.76. The number of fused-ring (bicyclic) bond motifs is 6. The summed E-state index contributed by atoms with van der Waals surface area (Å²) in [4.78, 5) is 20.4. The first-order valence-electron chi connectivity index (χ1n) is 20.9. The molecule has 5 nitrogen and oxygen atoms in total. The van der Waals surface area contributed by atoms with Crippen LogP contribution in [0.4, 0.5) is 0 Å². The zero-order valence-corrected chi connectivity index (χ0v) is 33.5. The molecule has 0 unspecified atom stereocenters. The van der Waals surface area contributed by atoms with Crippen molar-refractivity contribution in [2.75, 3.05) is 0 Å². The maximum atomic E-state index is 6.62. The third kappa shape index (κ3) is 5.56. The number of aromatic nitrogens is 4. The van der Waals surface area contributed by atoms with Gasteiger partial charge >= 0.3 is 0 Å². The first kappa shape index (κ1) is 35.6. The Morgan fingerprint density at radius 2 is 0.935 bits per heavy atom. The number of furan rings is 1. The van der Waals surface area contributed by atoms with Crippen LogP contribution in [0.1, 0.15) is 22.3 Å². The summed E-state index contributed by atoms with van der Waals surface area (Å²) in [6.45, 7) is 0. The van der Waals surface area contributed by atoms with E-state index in [1.54, 1.807) is 0 Å². The zero-order valence-electron chi connectivity index (χ0n) is 33.5. The number of hydrogen-bond acceptors (Lipinski definition) is 5. The molecule has 11 aromatic rings. The lowest BCUT2D eigenvalue weighted by Crippen LogP contribution is -2.28. The van der Waals surface area contributed by atoms with E-state index < -0.39 is 5.41 Å². The Morgan fingerprint density at radius 1 is 0.371 bits per heavy atom. The largest absolute Gasteiger partial charge is 0.454 e. The molecule has 12 rings (SSSR count). The lowest BCUT2D eigenvalue weighted by Gasteiger charge is -2.34.